The molecule has 0 radical (unpaired) electrons. The standard InChI is InChI=1S/C24H26ClF3N2O6S2/c1-12-5-14-9-24(32,11-29-37(2,33)34)10-16(12)22(14)38(35,36)20-6-13(3-4-17(20)25)23(31)30-15-7-18(26)21(28)19(27)8-15/h3-4,6-8,12,14,16,22,29,32H,5,9-11H2,1-2H3,(H,30,31)/t12-,14-,16?,22?,24-/m0/s1. The Labute approximate surface area is 223 Å². The average Bonchev–Trinajstić information content (AvgIpc) is 3.03. The SMILES string of the molecule is C[C@H]1C[C@H]2C[C@@](O)(CNS(C)(=O)=O)CC1C2S(=O)(=O)c1cc(C(=O)Nc2cc(F)c(F)c(F)c2)ccc1Cl. The molecule has 2 saturated carbocycles. The first-order valence-corrected chi connectivity index (χ1v) is 15.5. The van der Waals surface area contributed by atoms with Crippen LogP contribution in [0.25, 0.3) is 0 Å². The Morgan fingerprint density at radius 2 is 1.74 bits per heavy atom. The van der Waals surface area contributed by atoms with Crippen molar-refractivity contribution in [3.8, 4) is 0 Å². The number of carbonyl (C=O) groups excluding carboxylic acids is 1. The van der Waals surface area contributed by atoms with Gasteiger partial charge in [-0.1, -0.05) is 18.5 Å². The van der Waals surface area contributed by atoms with Crippen LogP contribution in [-0.4, -0.2) is 51.5 Å². The van der Waals surface area contributed by atoms with E-state index in [9.17, 15) is 39.9 Å². The summed E-state index contributed by atoms with van der Waals surface area (Å²) in [6.45, 7) is 1.63. The first-order chi connectivity index (χ1) is 17.5. The van der Waals surface area contributed by atoms with Crippen LogP contribution >= 0.6 is 11.6 Å². The van der Waals surface area contributed by atoms with Crippen molar-refractivity contribution in [2.75, 3.05) is 18.1 Å². The van der Waals surface area contributed by atoms with Crippen LogP contribution in [0.1, 0.15) is 36.5 Å². The van der Waals surface area contributed by atoms with Crippen LogP contribution in [0.5, 0.6) is 0 Å². The fourth-order valence-electron chi connectivity index (χ4n) is 5.72. The van der Waals surface area contributed by atoms with Gasteiger partial charge in [-0.15, -0.1) is 0 Å². The molecule has 208 valence electrons. The Bertz CT molecular complexity index is 1480. The molecule has 2 aliphatic carbocycles. The molecule has 2 aromatic carbocycles. The van der Waals surface area contributed by atoms with Crippen LogP contribution in [-0.2, 0) is 19.9 Å². The average molecular weight is 595 g/mol. The van der Waals surface area contributed by atoms with E-state index in [0.717, 1.165) is 12.3 Å². The van der Waals surface area contributed by atoms with Crippen LogP contribution in [0.2, 0.25) is 5.02 Å². The van der Waals surface area contributed by atoms with Gasteiger partial charge in [0.15, 0.2) is 27.3 Å². The summed E-state index contributed by atoms with van der Waals surface area (Å²) in [6, 6.07) is 4.70. The summed E-state index contributed by atoms with van der Waals surface area (Å²) >= 11 is 6.25. The summed E-state index contributed by atoms with van der Waals surface area (Å²) in [7, 11) is -7.70. The van der Waals surface area contributed by atoms with Crippen molar-refractivity contribution in [3.05, 3.63) is 58.4 Å². The molecule has 0 aliphatic heterocycles. The maximum atomic E-state index is 13.9. The van der Waals surface area contributed by atoms with Crippen LogP contribution in [0.4, 0.5) is 18.9 Å². The van der Waals surface area contributed by atoms with E-state index in [1.54, 1.807) is 0 Å². The Kier molecular flexibility index (Phi) is 7.65. The Morgan fingerprint density at radius 1 is 1.11 bits per heavy atom. The molecule has 3 N–H and O–H groups in total. The van der Waals surface area contributed by atoms with Gasteiger partial charge in [-0.2, -0.15) is 0 Å². The molecule has 2 aliphatic rings. The molecular formula is C24H26ClF3N2O6S2. The smallest absolute Gasteiger partial charge is 0.255 e. The van der Waals surface area contributed by atoms with E-state index in [1.807, 2.05) is 6.92 Å². The largest absolute Gasteiger partial charge is 0.389 e. The van der Waals surface area contributed by atoms with Crippen LogP contribution in [0, 0.1) is 35.2 Å². The highest BCUT2D eigenvalue weighted by Gasteiger charge is 2.57. The third-order valence-corrected chi connectivity index (χ3v) is 10.8. The van der Waals surface area contributed by atoms with E-state index in [0.29, 0.717) is 18.6 Å². The maximum Gasteiger partial charge on any atom is 0.255 e. The van der Waals surface area contributed by atoms with Crippen LogP contribution in [0.3, 0.4) is 0 Å². The molecule has 2 unspecified atom stereocenters. The van der Waals surface area contributed by atoms with Gasteiger partial charge in [-0.05, 0) is 55.2 Å². The third kappa shape index (κ3) is 5.71. The molecule has 2 bridgehead atoms. The third-order valence-electron chi connectivity index (χ3n) is 7.31. The van der Waals surface area contributed by atoms with Gasteiger partial charge in [0, 0.05) is 29.9 Å². The number of amides is 1. The van der Waals surface area contributed by atoms with Gasteiger partial charge in [0.1, 0.15) is 0 Å². The number of sulfone groups is 1. The van der Waals surface area contributed by atoms with Gasteiger partial charge in [0.2, 0.25) is 10.0 Å². The molecule has 8 nitrogen and oxygen atoms in total. The number of anilines is 1. The van der Waals surface area contributed by atoms with E-state index < -0.39 is 65.9 Å². The Morgan fingerprint density at radius 3 is 2.32 bits per heavy atom. The zero-order chi connectivity index (χ0) is 28.2. The molecular weight excluding hydrogens is 569 g/mol. The Hall–Kier alpha value is -2.19. The van der Waals surface area contributed by atoms with E-state index in [4.69, 9.17) is 11.6 Å². The molecule has 4 rings (SSSR count). The van der Waals surface area contributed by atoms with E-state index >= 15 is 0 Å². The highest BCUT2D eigenvalue weighted by atomic mass is 35.5. The summed E-state index contributed by atoms with van der Waals surface area (Å²) in [6.07, 6.45) is 1.57. The highest BCUT2D eigenvalue weighted by Crippen LogP contribution is 2.53. The van der Waals surface area contributed by atoms with Gasteiger partial charge >= 0.3 is 0 Å². The number of hydrogen-bond donors (Lipinski definition) is 3. The molecule has 1 amide bonds. The second kappa shape index (κ2) is 10.1. The predicted molar refractivity (Wildman–Crippen MR) is 134 cm³/mol. The number of aliphatic hydroxyl groups is 1. The fourth-order valence-corrected chi connectivity index (χ4v) is 9.15. The van der Waals surface area contributed by atoms with E-state index in [2.05, 4.69) is 10.0 Å². The number of hydrogen-bond acceptors (Lipinski definition) is 6. The minimum atomic E-state index is -4.13. The molecule has 5 atom stereocenters. The zero-order valence-electron chi connectivity index (χ0n) is 20.3. The second-order valence-corrected chi connectivity index (χ2v) is 14.5. The fraction of sp³-hybridized carbons (Fsp3) is 0.458. The molecule has 2 aromatic rings. The van der Waals surface area contributed by atoms with Gasteiger partial charge in [0.25, 0.3) is 5.91 Å². The van der Waals surface area contributed by atoms with Gasteiger partial charge < -0.3 is 10.4 Å². The van der Waals surface area contributed by atoms with Crippen molar-refractivity contribution < 1.29 is 39.9 Å². The number of nitrogens with one attached hydrogen (secondary N) is 2. The molecule has 0 heterocycles. The minimum absolute atomic E-state index is 0.0522. The maximum absolute atomic E-state index is 13.9. The topological polar surface area (TPSA) is 130 Å². The van der Waals surface area contributed by atoms with Gasteiger partial charge in [-0.25, -0.2) is 34.7 Å². The Balaban J connectivity index is 1.61. The monoisotopic (exact) mass is 594 g/mol. The predicted octanol–water partition coefficient (Wildman–Crippen LogP) is 3.50. The lowest BCUT2D eigenvalue weighted by Crippen LogP contribution is -2.52. The minimum Gasteiger partial charge on any atom is -0.389 e. The van der Waals surface area contributed by atoms with Crippen molar-refractivity contribution in [2.24, 2.45) is 17.8 Å². The number of sulfonamides is 1. The van der Waals surface area contributed by atoms with Gasteiger partial charge in [0.05, 0.1) is 27.0 Å². The van der Waals surface area contributed by atoms with Gasteiger partial charge in [-0.3, -0.25) is 4.79 Å². The van der Waals surface area contributed by atoms with E-state index in [1.165, 1.54) is 12.1 Å². The lowest BCUT2D eigenvalue weighted by atomic mass is 9.76. The summed E-state index contributed by atoms with van der Waals surface area (Å²) in [5, 5.41) is 12.2. The molecule has 14 heteroatoms. The number of rotatable bonds is 7. The van der Waals surface area contributed by atoms with Crippen molar-refractivity contribution >= 4 is 43.1 Å². The van der Waals surface area contributed by atoms with Crippen LogP contribution in [0.15, 0.2) is 35.2 Å². The summed E-state index contributed by atoms with van der Waals surface area (Å²) in [5.74, 6) is -6.67. The highest BCUT2D eigenvalue weighted by molar-refractivity contribution is 7.92. The van der Waals surface area contributed by atoms with Crippen molar-refractivity contribution in [2.45, 2.75) is 41.9 Å². The number of carbonyl (C=O) groups is 1. The molecule has 0 saturated heterocycles. The van der Waals surface area contributed by atoms with Crippen molar-refractivity contribution in [1.29, 1.82) is 0 Å². The first-order valence-electron chi connectivity index (χ1n) is 11.7. The normalized spacial score (nSPS) is 27.3. The molecule has 38 heavy (non-hydrogen) atoms. The number of halogens is 4. The summed E-state index contributed by atoms with van der Waals surface area (Å²) in [4.78, 5) is 12.4. The first kappa shape index (κ1) is 28.8. The van der Waals surface area contributed by atoms with Crippen LogP contribution < -0.4 is 10.0 Å². The van der Waals surface area contributed by atoms with E-state index in [-0.39, 0.29) is 46.5 Å². The quantitative estimate of drug-likeness (QED) is 0.421. The number of fused-ring (bicyclic) bond motifs is 2. The molecule has 0 spiro atoms. The lowest BCUT2D eigenvalue weighted by Gasteiger charge is -2.41. The summed E-state index contributed by atoms with van der Waals surface area (Å²) < 4.78 is 93.4. The molecule has 0 aromatic heterocycles. The second-order valence-electron chi connectivity index (χ2n) is 10.2. The van der Waals surface area contributed by atoms with Crippen molar-refractivity contribution in [1.82, 2.24) is 4.72 Å². The van der Waals surface area contributed by atoms with Crippen molar-refractivity contribution in [3.63, 3.8) is 0 Å². The summed E-state index contributed by atoms with van der Waals surface area (Å²) in [5.41, 5.74) is -1.95. The lowest BCUT2D eigenvalue weighted by molar-refractivity contribution is -0.0159. The number of benzene rings is 2. The zero-order valence-corrected chi connectivity index (χ0v) is 22.7. The molecule has 2 fully saturated rings.